The van der Waals surface area contributed by atoms with Crippen molar-refractivity contribution in [1.29, 1.82) is 0 Å². The Hall–Kier alpha value is -2.89. The summed E-state index contributed by atoms with van der Waals surface area (Å²) >= 11 is 0. The SMILES string of the molecule is CCCn1nnc(-c2ccc3ccc4cccnc4c3n2)n1. The lowest BCUT2D eigenvalue weighted by molar-refractivity contribution is 0.515. The third kappa shape index (κ3) is 2.09. The van der Waals surface area contributed by atoms with Gasteiger partial charge in [0.15, 0.2) is 0 Å². The Balaban J connectivity index is 1.89. The van der Waals surface area contributed by atoms with Crippen molar-refractivity contribution in [3.63, 3.8) is 0 Å². The minimum Gasteiger partial charge on any atom is -0.254 e. The average Bonchev–Trinajstić information content (AvgIpc) is 3.03. The van der Waals surface area contributed by atoms with Crippen molar-refractivity contribution in [3.05, 3.63) is 42.6 Å². The first-order valence-electron chi connectivity index (χ1n) is 7.28. The van der Waals surface area contributed by atoms with Crippen LogP contribution in [-0.2, 0) is 6.54 Å². The average molecular weight is 290 g/mol. The Morgan fingerprint density at radius 2 is 1.82 bits per heavy atom. The number of tetrazole rings is 1. The molecular weight excluding hydrogens is 276 g/mol. The maximum absolute atomic E-state index is 4.71. The van der Waals surface area contributed by atoms with Gasteiger partial charge in [0.05, 0.1) is 17.6 Å². The highest BCUT2D eigenvalue weighted by atomic mass is 15.6. The molecule has 108 valence electrons. The van der Waals surface area contributed by atoms with Crippen LogP contribution in [0, 0.1) is 0 Å². The van der Waals surface area contributed by atoms with E-state index in [0.717, 1.165) is 34.8 Å². The van der Waals surface area contributed by atoms with Gasteiger partial charge in [-0.05, 0) is 23.8 Å². The Labute approximate surface area is 126 Å². The number of nitrogens with zero attached hydrogens (tertiary/aromatic N) is 6. The van der Waals surface area contributed by atoms with Gasteiger partial charge in [0.25, 0.3) is 0 Å². The van der Waals surface area contributed by atoms with Crippen LogP contribution in [0.1, 0.15) is 13.3 Å². The van der Waals surface area contributed by atoms with Crippen LogP contribution in [0.15, 0.2) is 42.6 Å². The third-order valence-electron chi connectivity index (χ3n) is 3.54. The second-order valence-electron chi connectivity index (χ2n) is 5.12. The van der Waals surface area contributed by atoms with Crippen LogP contribution in [0.3, 0.4) is 0 Å². The molecule has 0 unspecified atom stereocenters. The summed E-state index contributed by atoms with van der Waals surface area (Å²) in [5, 5.41) is 14.6. The minimum atomic E-state index is 0.545. The van der Waals surface area contributed by atoms with Crippen molar-refractivity contribution >= 4 is 21.8 Å². The molecule has 0 fully saturated rings. The van der Waals surface area contributed by atoms with Crippen LogP contribution in [-0.4, -0.2) is 30.2 Å². The summed E-state index contributed by atoms with van der Waals surface area (Å²) < 4.78 is 0. The molecule has 0 bridgehead atoms. The predicted molar refractivity (Wildman–Crippen MR) is 84.1 cm³/mol. The van der Waals surface area contributed by atoms with E-state index in [9.17, 15) is 0 Å². The first-order chi connectivity index (χ1) is 10.8. The molecule has 0 amide bonds. The second-order valence-corrected chi connectivity index (χ2v) is 5.12. The zero-order chi connectivity index (χ0) is 14.9. The Morgan fingerprint density at radius 3 is 2.68 bits per heavy atom. The Morgan fingerprint density at radius 1 is 1.00 bits per heavy atom. The number of rotatable bonds is 3. The van der Waals surface area contributed by atoms with Gasteiger partial charge in [-0.15, -0.1) is 10.2 Å². The summed E-state index contributed by atoms with van der Waals surface area (Å²) in [6.07, 6.45) is 2.75. The molecule has 0 spiro atoms. The Bertz CT molecular complexity index is 959. The van der Waals surface area contributed by atoms with Crippen LogP contribution < -0.4 is 0 Å². The van der Waals surface area contributed by atoms with E-state index in [2.05, 4.69) is 39.5 Å². The number of hydrogen-bond acceptors (Lipinski definition) is 5. The molecule has 4 rings (SSSR count). The first kappa shape index (κ1) is 12.8. The van der Waals surface area contributed by atoms with E-state index in [4.69, 9.17) is 4.98 Å². The molecule has 0 saturated carbocycles. The lowest BCUT2D eigenvalue weighted by atomic mass is 10.1. The van der Waals surface area contributed by atoms with Gasteiger partial charge in [-0.3, -0.25) is 4.98 Å². The highest BCUT2D eigenvalue weighted by Crippen LogP contribution is 2.24. The summed E-state index contributed by atoms with van der Waals surface area (Å²) in [6, 6.07) is 12.0. The molecule has 0 N–H and O–H groups in total. The van der Waals surface area contributed by atoms with Gasteiger partial charge in [0, 0.05) is 17.0 Å². The lowest BCUT2D eigenvalue weighted by Crippen LogP contribution is -2.01. The predicted octanol–water partition coefficient (Wildman–Crippen LogP) is 2.85. The van der Waals surface area contributed by atoms with Crippen LogP contribution in [0.5, 0.6) is 0 Å². The topological polar surface area (TPSA) is 69.4 Å². The molecule has 22 heavy (non-hydrogen) atoms. The molecule has 1 aromatic carbocycles. The highest BCUT2D eigenvalue weighted by Gasteiger charge is 2.10. The van der Waals surface area contributed by atoms with Gasteiger partial charge in [-0.1, -0.05) is 31.2 Å². The van der Waals surface area contributed by atoms with Crippen LogP contribution >= 0.6 is 0 Å². The van der Waals surface area contributed by atoms with Crippen LogP contribution in [0.4, 0.5) is 0 Å². The molecule has 3 heterocycles. The third-order valence-corrected chi connectivity index (χ3v) is 3.54. The number of pyridine rings is 2. The number of fused-ring (bicyclic) bond motifs is 3. The van der Waals surface area contributed by atoms with Gasteiger partial charge in [-0.2, -0.15) is 4.80 Å². The van der Waals surface area contributed by atoms with Gasteiger partial charge in [0.2, 0.25) is 5.82 Å². The fourth-order valence-electron chi connectivity index (χ4n) is 2.49. The number of aromatic nitrogens is 6. The van der Waals surface area contributed by atoms with E-state index >= 15 is 0 Å². The second kappa shape index (κ2) is 5.14. The smallest absolute Gasteiger partial charge is 0.223 e. The standard InChI is InChI=1S/C16H14N6/c1-2-10-22-20-16(19-21-22)13-8-7-12-6-5-11-4-3-9-17-14(11)15(12)18-13/h3-9H,2,10H2,1H3. The molecular formula is C16H14N6. The van der Waals surface area contributed by atoms with Crippen molar-refractivity contribution in [2.24, 2.45) is 0 Å². The zero-order valence-corrected chi connectivity index (χ0v) is 12.1. The van der Waals surface area contributed by atoms with Crippen molar-refractivity contribution in [2.75, 3.05) is 0 Å². The van der Waals surface area contributed by atoms with Gasteiger partial charge < -0.3 is 0 Å². The fourth-order valence-corrected chi connectivity index (χ4v) is 2.49. The molecule has 6 nitrogen and oxygen atoms in total. The van der Waals surface area contributed by atoms with Crippen LogP contribution in [0.2, 0.25) is 0 Å². The number of benzene rings is 1. The fraction of sp³-hybridized carbons (Fsp3) is 0.188. The van der Waals surface area contributed by atoms with Crippen LogP contribution in [0.25, 0.3) is 33.3 Å². The number of hydrogen-bond donors (Lipinski definition) is 0. The van der Waals surface area contributed by atoms with E-state index in [1.807, 2.05) is 24.3 Å². The van der Waals surface area contributed by atoms with Crippen molar-refractivity contribution in [1.82, 2.24) is 30.2 Å². The van der Waals surface area contributed by atoms with Gasteiger partial charge in [-0.25, -0.2) is 4.98 Å². The normalized spacial score (nSPS) is 11.3. The summed E-state index contributed by atoms with van der Waals surface area (Å²) in [7, 11) is 0. The van der Waals surface area contributed by atoms with Gasteiger partial charge >= 0.3 is 0 Å². The molecule has 4 aromatic rings. The number of aryl methyl sites for hydroxylation is 1. The molecule has 6 heteroatoms. The monoisotopic (exact) mass is 290 g/mol. The molecule has 0 aliphatic rings. The minimum absolute atomic E-state index is 0.545. The van der Waals surface area contributed by atoms with E-state index in [1.54, 1.807) is 11.0 Å². The van der Waals surface area contributed by atoms with Gasteiger partial charge in [0.1, 0.15) is 5.69 Å². The van der Waals surface area contributed by atoms with E-state index in [-0.39, 0.29) is 0 Å². The summed E-state index contributed by atoms with van der Waals surface area (Å²) in [4.78, 5) is 10.8. The largest absolute Gasteiger partial charge is 0.254 e. The molecule has 3 aromatic heterocycles. The highest BCUT2D eigenvalue weighted by molar-refractivity contribution is 6.03. The van der Waals surface area contributed by atoms with E-state index in [0.29, 0.717) is 11.5 Å². The molecule has 0 radical (unpaired) electrons. The summed E-state index contributed by atoms with van der Waals surface area (Å²) in [5.74, 6) is 0.545. The molecule has 0 atom stereocenters. The van der Waals surface area contributed by atoms with Crippen molar-refractivity contribution < 1.29 is 0 Å². The molecule has 0 saturated heterocycles. The maximum Gasteiger partial charge on any atom is 0.223 e. The van der Waals surface area contributed by atoms with Crippen molar-refractivity contribution in [2.45, 2.75) is 19.9 Å². The molecule has 0 aliphatic heterocycles. The van der Waals surface area contributed by atoms with E-state index in [1.165, 1.54) is 0 Å². The maximum atomic E-state index is 4.71. The Kier molecular flexibility index (Phi) is 3.00. The summed E-state index contributed by atoms with van der Waals surface area (Å²) in [5.41, 5.74) is 2.47. The van der Waals surface area contributed by atoms with E-state index < -0.39 is 0 Å². The quantitative estimate of drug-likeness (QED) is 0.543. The summed E-state index contributed by atoms with van der Waals surface area (Å²) in [6.45, 7) is 2.83. The molecule has 0 aliphatic carbocycles. The van der Waals surface area contributed by atoms with Crippen molar-refractivity contribution in [3.8, 4) is 11.5 Å². The first-order valence-corrected chi connectivity index (χ1v) is 7.28. The zero-order valence-electron chi connectivity index (χ0n) is 12.1. The lowest BCUT2D eigenvalue weighted by Gasteiger charge is -2.03.